The van der Waals surface area contributed by atoms with Crippen LogP contribution in [-0.4, -0.2) is 55.7 Å². The van der Waals surface area contributed by atoms with Gasteiger partial charge in [-0.2, -0.15) is 4.31 Å². The van der Waals surface area contributed by atoms with Crippen molar-refractivity contribution in [2.75, 3.05) is 26.2 Å². The Morgan fingerprint density at radius 1 is 1.06 bits per heavy atom. The second kappa shape index (κ2) is 10.8. The molecule has 1 fully saturated rings. The molecule has 0 radical (unpaired) electrons. The topological polar surface area (TPSA) is 84.0 Å². The van der Waals surface area contributed by atoms with Crippen LogP contribution in [0.4, 0.5) is 8.78 Å². The molecule has 0 N–H and O–H groups in total. The molecule has 0 unspecified atom stereocenters. The molecule has 178 valence electrons. The Morgan fingerprint density at radius 3 is 2.33 bits per heavy atom. The highest BCUT2D eigenvalue weighted by atomic mass is 32.2. The Morgan fingerprint density at radius 2 is 1.73 bits per heavy atom. The first-order valence-electron chi connectivity index (χ1n) is 10.6. The fourth-order valence-electron chi connectivity index (χ4n) is 3.66. The molecule has 1 saturated heterocycles. The van der Waals surface area contributed by atoms with Gasteiger partial charge in [0.05, 0.1) is 10.8 Å². The van der Waals surface area contributed by atoms with Crippen LogP contribution in [0.1, 0.15) is 25.3 Å². The number of halogens is 2. The zero-order chi connectivity index (χ0) is 24.0. The van der Waals surface area contributed by atoms with Gasteiger partial charge in [0.15, 0.2) is 6.61 Å². The number of amides is 1. The van der Waals surface area contributed by atoms with Crippen LogP contribution < -0.4 is 0 Å². The molecular weight excluding hydrogens is 454 g/mol. The maximum Gasteiger partial charge on any atom is 0.309 e. The zero-order valence-electron chi connectivity index (χ0n) is 18.2. The van der Waals surface area contributed by atoms with Crippen molar-refractivity contribution in [3.05, 3.63) is 65.7 Å². The van der Waals surface area contributed by atoms with Gasteiger partial charge in [-0.3, -0.25) is 9.59 Å². The Bertz CT molecular complexity index is 1080. The van der Waals surface area contributed by atoms with E-state index in [1.54, 1.807) is 19.1 Å². The van der Waals surface area contributed by atoms with E-state index in [0.717, 1.165) is 12.1 Å². The molecule has 1 aliphatic heterocycles. The largest absolute Gasteiger partial charge is 0.455 e. The summed E-state index contributed by atoms with van der Waals surface area (Å²) in [5.74, 6) is -2.39. The van der Waals surface area contributed by atoms with Gasteiger partial charge >= 0.3 is 5.97 Å². The molecule has 3 rings (SSSR count). The van der Waals surface area contributed by atoms with Crippen LogP contribution >= 0.6 is 0 Å². The number of esters is 1. The average Bonchev–Trinajstić information content (AvgIpc) is 2.81. The van der Waals surface area contributed by atoms with Crippen LogP contribution in [0.3, 0.4) is 0 Å². The summed E-state index contributed by atoms with van der Waals surface area (Å²) in [6, 6.07) is 10.5. The lowest BCUT2D eigenvalue weighted by Crippen LogP contribution is -2.41. The fourth-order valence-corrected chi connectivity index (χ4v) is 5.13. The van der Waals surface area contributed by atoms with Gasteiger partial charge < -0.3 is 9.64 Å². The number of piperidine rings is 1. The second-order valence-electron chi connectivity index (χ2n) is 7.78. The highest BCUT2D eigenvalue weighted by Gasteiger charge is 2.33. The van der Waals surface area contributed by atoms with E-state index >= 15 is 0 Å². The van der Waals surface area contributed by atoms with E-state index < -0.39 is 46.1 Å². The highest BCUT2D eigenvalue weighted by molar-refractivity contribution is 7.89. The summed E-state index contributed by atoms with van der Waals surface area (Å²) in [5, 5.41) is 0. The normalized spacial score (nSPS) is 15.2. The third-order valence-electron chi connectivity index (χ3n) is 5.57. The summed E-state index contributed by atoms with van der Waals surface area (Å²) in [6.45, 7) is 2.14. The van der Waals surface area contributed by atoms with Crippen molar-refractivity contribution in [2.45, 2.75) is 31.2 Å². The molecule has 0 atom stereocenters. The van der Waals surface area contributed by atoms with E-state index in [1.165, 1.54) is 33.5 Å². The number of carbonyl (C=O) groups is 2. The minimum absolute atomic E-state index is 0.00604. The summed E-state index contributed by atoms with van der Waals surface area (Å²) < 4.78 is 58.3. The quantitative estimate of drug-likeness (QED) is 0.543. The van der Waals surface area contributed by atoms with Crippen molar-refractivity contribution < 1.29 is 31.5 Å². The van der Waals surface area contributed by atoms with E-state index in [-0.39, 0.29) is 37.4 Å². The molecule has 1 heterocycles. The molecule has 10 heteroatoms. The Kier molecular flexibility index (Phi) is 8.15. The van der Waals surface area contributed by atoms with Gasteiger partial charge in [0, 0.05) is 26.2 Å². The van der Waals surface area contributed by atoms with Crippen molar-refractivity contribution in [2.24, 2.45) is 5.92 Å². The SMILES string of the molecule is CCN(Cc1cccc(F)c1)C(=O)COC(=O)C1CCN(S(=O)(=O)c2ccc(F)cc2)CC1. The smallest absolute Gasteiger partial charge is 0.309 e. The molecule has 0 aliphatic carbocycles. The Labute approximate surface area is 192 Å². The molecule has 2 aromatic carbocycles. The summed E-state index contributed by atoms with van der Waals surface area (Å²) in [4.78, 5) is 26.3. The fraction of sp³-hybridized carbons (Fsp3) is 0.391. The maximum atomic E-state index is 13.4. The zero-order valence-corrected chi connectivity index (χ0v) is 19.1. The molecular formula is C23H26F2N2O5S. The predicted molar refractivity (Wildman–Crippen MR) is 116 cm³/mol. The summed E-state index contributed by atoms with van der Waals surface area (Å²) >= 11 is 0. The highest BCUT2D eigenvalue weighted by Crippen LogP contribution is 2.25. The van der Waals surface area contributed by atoms with Gasteiger partial charge in [-0.1, -0.05) is 12.1 Å². The van der Waals surface area contributed by atoms with Crippen LogP contribution in [0.5, 0.6) is 0 Å². The van der Waals surface area contributed by atoms with Crippen molar-refractivity contribution in [3.63, 3.8) is 0 Å². The van der Waals surface area contributed by atoms with Crippen molar-refractivity contribution in [3.8, 4) is 0 Å². The van der Waals surface area contributed by atoms with E-state index in [4.69, 9.17) is 4.74 Å². The summed E-state index contributed by atoms with van der Waals surface area (Å²) in [7, 11) is -3.77. The molecule has 0 bridgehead atoms. The molecule has 1 amide bonds. The molecule has 7 nitrogen and oxygen atoms in total. The third kappa shape index (κ3) is 6.35. The first-order chi connectivity index (χ1) is 15.7. The van der Waals surface area contributed by atoms with Crippen LogP contribution in [0.25, 0.3) is 0 Å². The number of nitrogens with zero attached hydrogens (tertiary/aromatic N) is 2. The van der Waals surface area contributed by atoms with Crippen LogP contribution in [-0.2, 0) is 30.9 Å². The lowest BCUT2D eigenvalue weighted by atomic mass is 9.98. The Balaban J connectivity index is 1.49. The molecule has 0 aromatic heterocycles. The standard InChI is InChI=1S/C23H26F2N2O5S/c1-2-26(15-17-4-3-5-20(25)14-17)22(28)16-32-23(29)18-10-12-27(13-11-18)33(30,31)21-8-6-19(24)7-9-21/h3-9,14,18H,2,10-13,15-16H2,1H3. The third-order valence-corrected chi connectivity index (χ3v) is 7.49. The Hall–Kier alpha value is -2.85. The van der Waals surface area contributed by atoms with E-state index in [2.05, 4.69) is 0 Å². The number of rotatable bonds is 8. The number of sulfonamides is 1. The monoisotopic (exact) mass is 480 g/mol. The van der Waals surface area contributed by atoms with Gasteiger partial charge in [0.1, 0.15) is 11.6 Å². The van der Waals surface area contributed by atoms with E-state index in [0.29, 0.717) is 12.1 Å². The second-order valence-corrected chi connectivity index (χ2v) is 9.72. The van der Waals surface area contributed by atoms with Crippen LogP contribution in [0.2, 0.25) is 0 Å². The van der Waals surface area contributed by atoms with Crippen molar-refractivity contribution in [1.82, 2.24) is 9.21 Å². The average molecular weight is 481 g/mol. The van der Waals surface area contributed by atoms with Gasteiger partial charge in [-0.25, -0.2) is 17.2 Å². The molecule has 2 aromatic rings. The van der Waals surface area contributed by atoms with Gasteiger partial charge in [-0.15, -0.1) is 0 Å². The molecule has 1 aliphatic rings. The van der Waals surface area contributed by atoms with Gasteiger partial charge in [0.2, 0.25) is 10.0 Å². The van der Waals surface area contributed by atoms with E-state index in [1.807, 2.05) is 0 Å². The van der Waals surface area contributed by atoms with Crippen LogP contribution in [0, 0.1) is 17.6 Å². The lowest BCUT2D eigenvalue weighted by molar-refractivity contribution is -0.156. The number of ether oxygens (including phenoxy) is 1. The van der Waals surface area contributed by atoms with Crippen LogP contribution in [0.15, 0.2) is 53.4 Å². The number of carbonyl (C=O) groups excluding carboxylic acids is 2. The van der Waals surface area contributed by atoms with Crippen molar-refractivity contribution in [1.29, 1.82) is 0 Å². The predicted octanol–water partition coefficient (Wildman–Crippen LogP) is 2.96. The number of likely N-dealkylation sites (N-methyl/N-ethyl adjacent to an activating group) is 1. The lowest BCUT2D eigenvalue weighted by Gasteiger charge is -2.30. The minimum atomic E-state index is -3.77. The number of hydrogen-bond donors (Lipinski definition) is 0. The summed E-state index contributed by atoms with van der Waals surface area (Å²) in [5.41, 5.74) is 0.631. The molecule has 0 spiro atoms. The van der Waals surface area contributed by atoms with Gasteiger partial charge in [-0.05, 0) is 61.7 Å². The number of benzene rings is 2. The van der Waals surface area contributed by atoms with Gasteiger partial charge in [0.25, 0.3) is 5.91 Å². The molecule has 0 saturated carbocycles. The maximum absolute atomic E-state index is 13.4. The first kappa shape index (κ1) is 24.8. The van der Waals surface area contributed by atoms with Crippen molar-refractivity contribution >= 4 is 21.9 Å². The van der Waals surface area contributed by atoms with E-state index in [9.17, 15) is 26.8 Å². The first-order valence-corrected chi connectivity index (χ1v) is 12.1. The number of hydrogen-bond acceptors (Lipinski definition) is 5. The summed E-state index contributed by atoms with van der Waals surface area (Å²) in [6.07, 6.45) is 0.516. The molecule has 33 heavy (non-hydrogen) atoms. The minimum Gasteiger partial charge on any atom is -0.455 e.